The molecule has 3 rings (SSSR count). The number of anilines is 1. The number of rotatable bonds is 4. The molecule has 0 bridgehead atoms. The lowest BCUT2D eigenvalue weighted by molar-refractivity contribution is 0.503. The standard InChI is InChI=1S/C16H18BrFN2S/c1-2-13(19)16(15-7-11(17)9-21-15)20-6-5-10-3-4-12(18)8-14(10)20/h3-4,7-9,13,16H,2,5-6,19H2,1H3. The Kier molecular flexibility index (Phi) is 4.33. The number of nitrogens with zero attached hydrogens (tertiary/aromatic N) is 1. The van der Waals surface area contributed by atoms with Crippen molar-refractivity contribution in [2.75, 3.05) is 11.4 Å². The molecule has 2 nitrogen and oxygen atoms in total. The molecule has 0 spiro atoms. The SMILES string of the molecule is CCC(N)C(c1cc(Br)cs1)N1CCc2ccc(F)cc21. The van der Waals surface area contributed by atoms with E-state index in [1.807, 2.05) is 6.07 Å². The molecule has 112 valence electrons. The van der Waals surface area contributed by atoms with Gasteiger partial charge in [-0.25, -0.2) is 4.39 Å². The van der Waals surface area contributed by atoms with Gasteiger partial charge in [0, 0.05) is 33.0 Å². The van der Waals surface area contributed by atoms with Gasteiger partial charge < -0.3 is 10.6 Å². The minimum Gasteiger partial charge on any atom is -0.361 e. The van der Waals surface area contributed by atoms with E-state index in [0.717, 1.165) is 29.5 Å². The average molecular weight is 369 g/mol. The number of halogens is 2. The van der Waals surface area contributed by atoms with Crippen molar-refractivity contribution in [3.63, 3.8) is 0 Å². The zero-order valence-corrected chi connectivity index (χ0v) is 14.3. The van der Waals surface area contributed by atoms with Crippen LogP contribution in [0.3, 0.4) is 0 Å². The predicted molar refractivity (Wildman–Crippen MR) is 90.5 cm³/mol. The number of fused-ring (bicyclic) bond motifs is 1. The maximum atomic E-state index is 13.6. The highest BCUT2D eigenvalue weighted by molar-refractivity contribution is 9.10. The summed E-state index contributed by atoms with van der Waals surface area (Å²) in [5.41, 5.74) is 8.59. The second-order valence-electron chi connectivity index (χ2n) is 5.40. The van der Waals surface area contributed by atoms with Crippen molar-refractivity contribution < 1.29 is 4.39 Å². The summed E-state index contributed by atoms with van der Waals surface area (Å²) < 4.78 is 14.7. The highest BCUT2D eigenvalue weighted by atomic mass is 79.9. The maximum Gasteiger partial charge on any atom is 0.125 e. The van der Waals surface area contributed by atoms with Crippen molar-refractivity contribution in [1.29, 1.82) is 0 Å². The third kappa shape index (κ3) is 2.87. The van der Waals surface area contributed by atoms with Crippen LogP contribution in [0, 0.1) is 5.82 Å². The lowest BCUT2D eigenvalue weighted by Crippen LogP contribution is -2.39. The van der Waals surface area contributed by atoms with E-state index in [0.29, 0.717) is 0 Å². The molecule has 0 aliphatic carbocycles. The summed E-state index contributed by atoms with van der Waals surface area (Å²) in [5, 5.41) is 2.08. The quantitative estimate of drug-likeness (QED) is 0.861. The summed E-state index contributed by atoms with van der Waals surface area (Å²) in [6.07, 6.45) is 1.84. The van der Waals surface area contributed by atoms with Gasteiger partial charge in [-0.3, -0.25) is 0 Å². The molecule has 0 saturated carbocycles. The molecule has 21 heavy (non-hydrogen) atoms. The molecule has 0 saturated heterocycles. The first-order chi connectivity index (χ1) is 10.1. The topological polar surface area (TPSA) is 29.3 Å². The van der Waals surface area contributed by atoms with Gasteiger partial charge in [0.15, 0.2) is 0 Å². The van der Waals surface area contributed by atoms with Crippen molar-refractivity contribution in [3.05, 3.63) is 50.4 Å². The lowest BCUT2D eigenvalue weighted by atomic mass is 10.0. The minimum absolute atomic E-state index is 0.0322. The van der Waals surface area contributed by atoms with E-state index in [4.69, 9.17) is 5.73 Å². The van der Waals surface area contributed by atoms with Crippen LogP contribution in [0.2, 0.25) is 0 Å². The van der Waals surface area contributed by atoms with Crippen molar-refractivity contribution >= 4 is 33.0 Å². The summed E-state index contributed by atoms with van der Waals surface area (Å²) in [5.74, 6) is -0.183. The Balaban J connectivity index is 2.01. The van der Waals surface area contributed by atoms with E-state index in [-0.39, 0.29) is 17.9 Å². The summed E-state index contributed by atoms with van der Waals surface area (Å²) in [7, 11) is 0. The smallest absolute Gasteiger partial charge is 0.125 e. The fourth-order valence-corrected chi connectivity index (χ4v) is 4.60. The maximum absolute atomic E-state index is 13.6. The molecule has 1 aromatic heterocycles. The van der Waals surface area contributed by atoms with Crippen molar-refractivity contribution in [2.24, 2.45) is 5.73 Å². The molecular weight excluding hydrogens is 351 g/mol. The van der Waals surface area contributed by atoms with Gasteiger partial charge in [0.05, 0.1) is 6.04 Å². The molecule has 2 heterocycles. The van der Waals surface area contributed by atoms with Crippen LogP contribution in [-0.4, -0.2) is 12.6 Å². The van der Waals surface area contributed by atoms with E-state index >= 15 is 0 Å². The Labute approximate surface area is 136 Å². The predicted octanol–water partition coefficient (Wildman–Crippen LogP) is 4.49. The van der Waals surface area contributed by atoms with Gasteiger partial charge in [-0.2, -0.15) is 0 Å². The van der Waals surface area contributed by atoms with Crippen LogP contribution in [0.15, 0.2) is 34.1 Å². The Morgan fingerprint density at radius 1 is 1.43 bits per heavy atom. The molecule has 2 atom stereocenters. The van der Waals surface area contributed by atoms with Gasteiger partial charge in [0.25, 0.3) is 0 Å². The lowest BCUT2D eigenvalue weighted by Gasteiger charge is -2.33. The van der Waals surface area contributed by atoms with Crippen LogP contribution in [0.5, 0.6) is 0 Å². The average Bonchev–Trinajstić information content (AvgIpc) is 3.06. The molecule has 0 amide bonds. The first-order valence-electron chi connectivity index (χ1n) is 7.14. The molecule has 5 heteroatoms. The first kappa shape index (κ1) is 15.0. The monoisotopic (exact) mass is 368 g/mol. The van der Waals surface area contributed by atoms with E-state index < -0.39 is 0 Å². The van der Waals surface area contributed by atoms with Crippen molar-refractivity contribution in [3.8, 4) is 0 Å². The summed E-state index contributed by atoms with van der Waals surface area (Å²) in [4.78, 5) is 3.50. The zero-order chi connectivity index (χ0) is 15.0. The largest absolute Gasteiger partial charge is 0.361 e. The number of nitrogens with two attached hydrogens (primary N) is 1. The summed E-state index contributed by atoms with van der Waals surface area (Å²) in [6.45, 7) is 3.00. The van der Waals surface area contributed by atoms with E-state index in [2.05, 4.69) is 39.2 Å². The van der Waals surface area contributed by atoms with Crippen molar-refractivity contribution in [2.45, 2.75) is 31.8 Å². The number of hydrogen-bond donors (Lipinski definition) is 1. The van der Waals surface area contributed by atoms with Gasteiger partial charge in [-0.1, -0.05) is 13.0 Å². The Morgan fingerprint density at radius 2 is 2.24 bits per heavy atom. The Bertz CT molecular complexity index is 643. The fourth-order valence-electron chi connectivity index (χ4n) is 2.97. The van der Waals surface area contributed by atoms with Gasteiger partial charge in [-0.15, -0.1) is 11.3 Å². The van der Waals surface area contributed by atoms with Gasteiger partial charge in [-0.05, 0) is 52.5 Å². The molecule has 1 aromatic carbocycles. The summed E-state index contributed by atoms with van der Waals surface area (Å²) >= 11 is 5.22. The first-order valence-corrected chi connectivity index (χ1v) is 8.82. The van der Waals surface area contributed by atoms with Crippen LogP contribution in [0.25, 0.3) is 0 Å². The van der Waals surface area contributed by atoms with Crippen LogP contribution >= 0.6 is 27.3 Å². The normalized spacial score (nSPS) is 16.9. The highest BCUT2D eigenvalue weighted by Gasteiger charge is 2.32. The molecule has 2 N–H and O–H groups in total. The van der Waals surface area contributed by atoms with E-state index in [1.165, 1.54) is 10.4 Å². The molecule has 0 fully saturated rings. The summed E-state index contributed by atoms with van der Waals surface area (Å²) in [6, 6.07) is 7.34. The Morgan fingerprint density at radius 3 is 2.90 bits per heavy atom. The number of hydrogen-bond acceptors (Lipinski definition) is 3. The third-order valence-electron chi connectivity index (χ3n) is 4.07. The van der Waals surface area contributed by atoms with Gasteiger partial charge in [0.1, 0.15) is 5.82 Å². The Hall–Kier alpha value is -0.910. The van der Waals surface area contributed by atoms with Crippen LogP contribution in [0.1, 0.15) is 29.8 Å². The van der Waals surface area contributed by atoms with Crippen LogP contribution < -0.4 is 10.6 Å². The van der Waals surface area contributed by atoms with Gasteiger partial charge >= 0.3 is 0 Å². The van der Waals surface area contributed by atoms with E-state index in [9.17, 15) is 4.39 Å². The van der Waals surface area contributed by atoms with Crippen molar-refractivity contribution in [1.82, 2.24) is 0 Å². The van der Waals surface area contributed by atoms with Gasteiger partial charge in [0.2, 0.25) is 0 Å². The van der Waals surface area contributed by atoms with Crippen LogP contribution in [-0.2, 0) is 6.42 Å². The van der Waals surface area contributed by atoms with E-state index in [1.54, 1.807) is 23.5 Å². The molecule has 2 aromatic rings. The molecule has 1 aliphatic heterocycles. The number of benzene rings is 1. The molecular formula is C16H18BrFN2S. The second-order valence-corrected chi connectivity index (χ2v) is 7.26. The zero-order valence-electron chi connectivity index (χ0n) is 11.9. The minimum atomic E-state index is -0.183. The molecule has 2 unspecified atom stereocenters. The number of thiophene rings is 1. The highest BCUT2D eigenvalue weighted by Crippen LogP contribution is 2.39. The van der Waals surface area contributed by atoms with Crippen LogP contribution in [0.4, 0.5) is 10.1 Å². The molecule has 1 aliphatic rings. The fraction of sp³-hybridized carbons (Fsp3) is 0.375. The third-order valence-corrected chi connectivity index (χ3v) is 5.83. The second kappa shape index (κ2) is 6.07. The molecule has 0 radical (unpaired) electrons.